The Kier molecular flexibility index (Phi) is 4.89. The quantitative estimate of drug-likeness (QED) is 0.705. The van der Waals surface area contributed by atoms with Gasteiger partial charge in [0, 0.05) is 36.6 Å². The summed E-state index contributed by atoms with van der Waals surface area (Å²) in [6, 6.07) is 13.6. The lowest BCUT2D eigenvalue weighted by Gasteiger charge is -2.32. The summed E-state index contributed by atoms with van der Waals surface area (Å²) >= 11 is 5.91. The summed E-state index contributed by atoms with van der Waals surface area (Å²) in [5.74, 6) is 1.40. The molecular weight excluding hydrogens is 348 g/mol. The lowest BCUT2D eigenvalue weighted by Crippen LogP contribution is -2.39. The molecule has 0 bridgehead atoms. The molecule has 1 fully saturated rings. The van der Waals surface area contributed by atoms with Crippen LogP contribution in [0.2, 0.25) is 5.02 Å². The van der Waals surface area contributed by atoms with Crippen LogP contribution in [0.3, 0.4) is 0 Å². The Bertz CT molecular complexity index is 906. The van der Waals surface area contributed by atoms with Crippen molar-refractivity contribution in [3.8, 4) is 0 Å². The van der Waals surface area contributed by atoms with E-state index in [0.717, 1.165) is 54.4 Å². The van der Waals surface area contributed by atoms with E-state index in [-0.39, 0.29) is 11.8 Å². The fourth-order valence-corrected chi connectivity index (χ4v) is 3.74. The zero-order chi connectivity index (χ0) is 17.9. The molecule has 4 rings (SSSR count). The Morgan fingerprint density at radius 3 is 2.85 bits per heavy atom. The SMILES string of the molecule is O=C(CCc1ccc(Cl)cc1)N1CCCC(c2nnc3ccccn23)C1. The van der Waals surface area contributed by atoms with E-state index >= 15 is 0 Å². The molecule has 3 heterocycles. The topological polar surface area (TPSA) is 50.5 Å². The smallest absolute Gasteiger partial charge is 0.222 e. The molecule has 3 aromatic rings. The second-order valence-electron chi connectivity index (χ2n) is 6.79. The number of aromatic nitrogens is 3. The summed E-state index contributed by atoms with van der Waals surface area (Å²) in [7, 11) is 0. The zero-order valence-corrected chi connectivity index (χ0v) is 15.3. The average molecular weight is 369 g/mol. The van der Waals surface area contributed by atoms with Crippen LogP contribution in [0.1, 0.15) is 36.6 Å². The minimum Gasteiger partial charge on any atom is -0.342 e. The highest BCUT2D eigenvalue weighted by atomic mass is 35.5. The maximum absolute atomic E-state index is 12.7. The van der Waals surface area contributed by atoms with Crippen molar-refractivity contribution >= 4 is 23.2 Å². The predicted octanol–water partition coefficient (Wildman–Crippen LogP) is 3.72. The third-order valence-electron chi connectivity index (χ3n) is 5.02. The van der Waals surface area contributed by atoms with Gasteiger partial charge in [-0.25, -0.2) is 0 Å². The molecule has 0 saturated carbocycles. The molecule has 1 aliphatic rings. The van der Waals surface area contributed by atoms with Gasteiger partial charge in [-0.1, -0.05) is 29.8 Å². The summed E-state index contributed by atoms with van der Waals surface area (Å²) in [6.07, 6.45) is 5.29. The summed E-state index contributed by atoms with van der Waals surface area (Å²) in [5, 5.41) is 9.34. The molecule has 6 heteroatoms. The molecule has 1 aromatic carbocycles. The van der Waals surface area contributed by atoms with Crippen molar-refractivity contribution in [1.82, 2.24) is 19.5 Å². The van der Waals surface area contributed by atoms with E-state index in [1.165, 1.54) is 0 Å². The van der Waals surface area contributed by atoms with Gasteiger partial charge < -0.3 is 4.90 Å². The van der Waals surface area contributed by atoms with Gasteiger partial charge in [-0.05, 0) is 49.1 Å². The number of hydrogen-bond donors (Lipinski definition) is 0. The van der Waals surface area contributed by atoms with E-state index in [4.69, 9.17) is 11.6 Å². The van der Waals surface area contributed by atoms with Crippen LogP contribution in [-0.2, 0) is 11.2 Å². The average Bonchev–Trinajstić information content (AvgIpc) is 3.11. The number of benzene rings is 1. The van der Waals surface area contributed by atoms with Crippen LogP contribution in [0.4, 0.5) is 0 Å². The second-order valence-corrected chi connectivity index (χ2v) is 7.23. The summed E-state index contributed by atoms with van der Waals surface area (Å²) in [4.78, 5) is 14.7. The molecule has 0 radical (unpaired) electrons. The number of nitrogens with zero attached hydrogens (tertiary/aromatic N) is 4. The first-order chi connectivity index (χ1) is 12.7. The van der Waals surface area contributed by atoms with Crippen LogP contribution >= 0.6 is 11.6 Å². The summed E-state index contributed by atoms with van der Waals surface area (Å²) in [6.45, 7) is 1.54. The zero-order valence-electron chi connectivity index (χ0n) is 14.5. The molecule has 0 spiro atoms. The number of amides is 1. The van der Waals surface area contributed by atoms with E-state index in [9.17, 15) is 4.79 Å². The fraction of sp³-hybridized carbons (Fsp3) is 0.350. The number of rotatable bonds is 4. The van der Waals surface area contributed by atoms with Gasteiger partial charge >= 0.3 is 0 Å². The Morgan fingerprint density at radius 2 is 2.00 bits per heavy atom. The van der Waals surface area contributed by atoms with Gasteiger partial charge in [0.25, 0.3) is 0 Å². The maximum atomic E-state index is 12.7. The van der Waals surface area contributed by atoms with Crippen LogP contribution in [0.25, 0.3) is 5.65 Å². The van der Waals surface area contributed by atoms with Crippen molar-refractivity contribution < 1.29 is 4.79 Å². The van der Waals surface area contributed by atoms with E-state index in [1.54, 1.807) is 0 Å². The molecule has 1 aliphatic heterocycles. The highest BCUT2D eigenvalue weighted by molar-refractivity contribution is 6.30. The first-order valence-corrected chi connectivity index (χ1v) is 9.40. The number of carbonyl (C=O) groups is 1. The molecule has 1 unspecified atom stereocenters. The Balaban J connectivity index is 1.41. The van der Waals surface area contributed by atoms with Crippen LogP contribution in [0, 0.1) is 0 Å². The van der Waals surface area contributed by atoms with E-state index in [2.05, 4.69) is 10.2 Å². The minimum absolute atomic E-state index is 0.207. The number of piperidine rings is 1. The lowest BCUT2D eigenvalue weighted by molar-refractivity contribution is -0.132. The Hall–Kier alpha value is -2.40. The molecule has 0 aliphatic carbocycles. The summed E-state index contributed by atoms with van der Waals surface area (Å²) < 4.78 is 2.03. The standard InChI is InChI=1S/C20H21ClN4O/c21-17-9-6-15(7-10-17)8-11-19(26)24-12-3-4-16(14-24)20-23-22-18-5-1-2-13-25(18)20/h1-2,5-7,9-10,13,16H,3-4,8,11-12,14H2. The first-order valence-electron chi connectivity index (χ1n) is 9.02. The van der Waals surface area contributed by atoms with Gasteiger partial charge in [0.15, 0.2) is 5.65 Å². The third-order valence-corrected chi connectivity index (χ3v) is 5.27. The van der Waals surface area contributed by atoms with E-state index in [1.807, 2.05) is 58.0 Å². The number of carbonyl (C=O) groups excluding carboxylic acids is 1. The maximum Gasteiger partial charge on any atom is 0.222 e. The molecule has 1 saturated heterocycles. The van der Waals surface area contributed by atoms with Crippen molar-refractivity contribution in [2.24, 2.45) is 0 Å². The van der Waals surface area contributed by atoms with Gasteiger partial charge in [-0.2, -0.15) is 0 Å². The van der Waals surface area contributed by atoms with Crippen molar-refractivity contribution in [2.45, 2.75) is 31.6 Å². The number of aryl methyl sites for hydroxylation is 1. The van der Waals surface area contributed by atoms with Gasteiger partial charge in [0.2, 0.25) is 5.91 Å². The lowest BCUT2D eigenvalue weighted by atomic mass is 9.96. The molecule has 134 valence electrons. The summed E-state index contributed by atoms with van der Waals surface area (Å²) in [5.41, 5.74) is 1.99. The van der Waals surface area contributed by atoms with Gasteiger partial charge in [-0.15, -0.1) is 10.2 Å². The van der Waals surface area contributed by atoms with Gasteiger partial charge in [-0.3, -0.25) is 9.20 Å². The van der Waals surface area contributed by atoms with Crippen LogP contribution in [-0.4, -0.2) is 38.5 Å². The molecule has 26 heavy (non-hydrogen) atoms. The first kappa shape index (κ1) is 17.0. The number of fused-ring (bicyclic) bond motifs is 1. The van der Waals surface area contributed by atoms with Crippen LogP contribution < -0.4 is 0 Å². The Morgan fingerprint density at radius 1 is 1.15 bits per heavy atom. The van der Waals surface area contributed by atoms with Crippen molar-refractivity contribution in [3.63, 3.8) is 0 Å². The number of hydrogen-bond acceptors (Lipinski definition) is 3. The van der Waals surface area contributed by atoms with Crippen LogP contribution in [0.15, 0.2) is 48.7 Å². The van der Waals surface area contributed by atoms with Crippen LogP contribution in [0.5, 0.6) is 0 Å². The minimum atomic E-state index is 0.207. The predicted molar refractivity (Wildman–Crippen MR) is 101 cm³/mol. The second kappa shape index (κ2) is 7.46. The normalized spacial score (nSPS) is 17.6. The highest BCUT2D eigenvalue weighted by Crippen LogP contribution is 2.26. The molecule has 1 amide bonds. The van der Waals surface area contributed by atoms with Crippen molar-refractivity contribution in [1.29, 1.82) is 0 Å². The third kappa shape index (κ3) is 3.58. The van der Waals surface area contributed by atoms with Gasteiger partial charge in [0.1, 0.15) is 5.82 Å². The molecule has 2 aromatic heterocycles. The van der Waals surface area contributed by atoms with Crippen molar-refractivity contribution in [3.05, 3.63) is 65.1 Å². The fourth-order valence-electron chi connectivity index (χ4n) is 3.61. The Labute approximate surface area is 157 Å². The number of halogens is 1. The molecule has 1 atom stereocenters. The van der Waals surface area contributed by atoms with E-state index < -0.39 is 0 Å². The number of likely N-dealkylation sites (tertiary alicyclic amines) is 1. The highest BCUT2D eigenvalue weighted by Gasteiger charge is 2.27. The van der Waals surface area contributed by atoms with E-state index in [0.29, 0.717) is 6.42 Å². The molecular formula is C20H21ClN4O. The van der Waals surface area contributed by atoms with Crippen molar-refractivity contribution in [2.75, 3.05) is 13.1 Å². The number of pyridine rings is 1. The monoisotopic (exact) mass is 368 g/mol. The molecule has 5 nitrogen and oxygen atoms in total. The molecule has 0 N–H and O–H groups in total. The largest absolute Gasteiger partial charge is 0.342 e. The van der Waals surface area contributed by atoms with Gasteiger partial charge in [0.05, 0.1) is 0 Å².